The van der Waals surface area contributed by atoms with Gasteiger partial charge in [-0.15, -0.1) is 11.3 Å². The molecule has 0 N–H and O–H groups in total. The third-order valence-electron chi connectivity index (χ3n) is 11.8. The number of rotatable bonds is 6. The first-order valence-corrected chi connectivity index (χ1v) is 21.1. The van der Waals surface area contributed by atoms with Crippen LogP contribution in [0.3, 0.4) is 0 Å². The van der Waals surface area contributed by atoms with Gasteiger partial charge in [0.15, 0.2) is 5.82 Å². The van der Waals surface area contributed by atoms with Crippen LogP contribution in [0.25, 0.3) is 115 Å². The Hall–Kier alpha value is -7.66. The molecule has 0 fully saturated rings. The zero-order valence-electron chi connectivity index (χ0n) is 32.5. The van der Waals surface area contributed by atoms with Crippen LogP contribution in [0.4, 0.5) is 0 Å². The number of nitrogens with zero attached hydrogens (tertiary/aromatic N) is 3. The van der Waals surface area contributed by atoms with Crippen molar-refractivity contribution in [1.29, 1.82) is 0 Å². The van der Waals surface area contributed by atoms with Gasteiger partial charge in [0.05, 0.1) is 22.4 Å². The lowest BCUT2D eigenvalue weighted by molar-refractivity contribution is 1.18. The number of aromatic nitrogens is 3. The smallest absolute Gasteiger partial charge is 0.160 e. The van der Waals surface area contributed by atoms with Crippen molar-refractivity contribution in [2.75, 3.05) is 0 Å². The summed E-state index contributed by atoms with van der Waals surface area (Å²) in [5, 5.41) is 7.49. The Morgan fingerprint density at radius 1 is 0.317 bits per heavy atom. The molecule has 0 aliphatic rings. The fourth-order valence-electron chi connectivity index (χ4n) is 8.81. The minimum Gasteiger partial charge on any atom is -0.309 e. The van der Waals surface area contributed by atoms with Crippen molar-refractivity contribution in [3.8, 4) is 61.8 Å². The van der Waals surface area contributed by atoms with E-state index < -0.39 is 0 Å². The molecule has 3 nitrogen and oxygen atoms in total. The molecule has 0 aliphatic carbocycles. The van der Waals surface area contributed by atoms with Gasteiger partial charge in [-0.1, -0.05) is 152 Å². The van der Waals surface area contributed by atoms with Crippen LogP contribution in [-0.2, 0) is 0 Å². The highest BCUT2D eigenvalue weighted by atomic mass is 32.1. The van der Waals surface area contributed by atoms with E-state index in [1.54, 1.807) is 0 Å². The molecule has 0 aliphatic heterocycles. The molecule has 4 heteroatoms. The largest absolute Gasteiger partial charge is 0.309 e. The van der Waals surface area contributed by atoms with Crippen molar-refractivity contribution in [2.45, 2.75) is 0 Å². The van der Waals surface area contributed by atoms with E-state index in [4.69, 9.17) is 9.97 Å². The standard InChI is InChI=1S/C56H35N3S/c1-2-11-38(12-3-1)56-57-50(37-23-21-36(22-24-37)43-29-30-55-49(34-43)48-17-6-9-20-54(48)60-55)35-51(58-56)44-28-27-41-31-40(25-26-42(41)32-44)39-13-10-14-45(33-39)59-52-18-7-4-15-46(52)47-16-5-8-19-53(47)59/h1-35H. The van der Waals surface area contributed by atoms with Crippen molar-refractivity contribution < 1.29 is 0 Å². The second-order valence-electron chi connectivity index (χ2n) is 15.4. The fourth-order valence-corrected chi connectivity index (χ4v) is 9.89. The molecule has 0 radical (unpaired) electrons. The van der Waals surface area contributed by atoms with Gasteiger partial charge in [-0.05, 0) is 93.7 Å². The molecule has 0 saturated heterocycles. The summed E-state index contributed by atoms with van der Waals surface area (Å²) in [4.78, 5) is 10.3. The maximum atomic E-state index is 5.15. The topological polar surface area (TPSA) is 30.7 Å². The molecule has 0 saturated carbocycles. The van der Waals surface area contributed by atoms with Crippen molar-refractivity contribution >= 4 is 64.1 Å². The van der Waals surface area contributed by atoms with Gasteiger partial charge >= 0.3 is 0 Å². The summed E-state index contributed by atoms with van der Waals surface area (Å²) in [6.45, 7) is 0. The first kappa shape index (κ1) is 34.4. The maximum absolute atomic E-state index is 5.15. The van der Waals surface area contributed by atoms with Crippen LogP contribution in [0.15, 0.2) is 212 Å². The third-order valence-corrected chi connectivity index (χ3v) is 13.0. The SMILES string of the molecule is c1ccc(-c2nc(-c3ccc(-c4ccc5sc6ccccc6c5c4)cc3)cc(-c3ccc4cc(-c5cccc(-n6c7ccccc7c7ccccc76)c5)ccc4c3)n2)cc1. The second-order valence-corrected chi connectivity index (χ2v) is 16.5. The summed E-state index contributed by atoms with van der Waals surface area (Å²) in [6.07, 6.45) is 0. The summed E-state index contributed by atoms with van der Waals surface area (Å²) >= 11 is 1.85. The predicted molar refractivity (Wildman–Crippen MR) is 254 cm³/mol. The van der Waals surface area contributed by atoms with Crippen LogP contribution in [0, 0.1) is 0 Å². The van der Waals surface area contributed by atoms with E-state index in [9.17, 15) is 0 Å². The van der Waals surface area contributed by atoms with E-state index in [0.717, 1.165) is 39.2 Å². The second kappa shape index (κ2) is 14.0. The molecule has 9 aromatic carbocycles. The number of para-hydroxylation sites is 2. The highest BCUT2D eigenvalue weighted by Crippen LogP contribution is 2.38. The molecule has 0 atom stereocenters. The molecule has 12 rings (SSSR count). The van der Waals surface area contributed by atoms with Gasteiger partial charge in [0.25, 0.3) is 0 Å². The van der Waals surface area contributed by atoms with Crippen LogP contribution >= 0.6 is 11.3 Å². The lowest BCUT2D eigenvalue weighted by Gasteiger charge is -2.12. The van der Waals surface area contributed by atoms with Crippen molar-refractivity contribution in [2.24, 2.45) is 0 Å². The number of hydrogen-bond acceptors (Lipinski definition) is 3. The van der Waals surface area contributed by atoms with E-state index in [0.29, 0.717) is 5.82 Å². The normalized spacial score (nSPS) is 11.7. The van der Waals surface area contributed by atoms with E-state index in [1.165, 1.54) is 69.6 Å². The molecular weight excluding hydrogens is 747 g/mol. The minimum atomic E-state index is 0.709. The molecule has 0 bridgehead atoms. The molecule has 60 heavy (non-hydrogen) atoms. The Kier molecular flexibility index (Phi) is 8.03. The van der Waals surface area contributed by atoms with Gasteiger partial charge in [0, 0.05) is 53.3 Å². The molecule has 0 unspecified atom stereocenters. The van der Waals surface area contributed by atoms with E-state index in [1.807, 2.05) is 29.5 Å². The predicted octanol–water partition coefficient (Wildman–Crippen LogP) is 15.4. The highest BCUT2D eigenvalue weighted by Gasteiger charge is 2.15. The molecule has 0 amide bonds. The summed E-state index contributed by atoms with van der Waals surface area (Å²) in [5.74, 6) is 0.709. The van der Waals surface area contributed by atoms with E-state index >= 15 is 0 Å². The van der Waals surface area contributed by atoms with Gasteiger partial charge < -0.3 is 4.57 Å². The zero-order chi connectivity index (χ0) is 39.6. The van der Waals surface area contributed by atoms with Crippen LogP contribution in [0.2, 0.25) is 0 Å². The molecule has 3 aromatic heterocycles. The van der Waals surface area contributed by atoms with Gasteiger partial charge in [-0.25, -0.2) is 9.97 Å². The molecule has 280 valence electrons. The molecule has 3 heterocycles. The van der Waals surface area contributed by atoms with Crippen molar-refractivity contribution in [1.82, 2.24) is 14.5 Å². The minimum absolute atomic E-state index is 0.709. The first-order valence-electron chi connectivity index (χ1n) is 20.3. The van der Waals surface area contributed by atoms with Gasteiger partial charge in [0.2, 0.25) is 0 Å². The van der Waals surface area contributed by atoms with Crippen molar-refractivity contribution in [3.63, 3.8) is 0 Å². The Labute approximate surface area is 351 Å². The Balaban J connectivity index is 0.894. The number of fused-ring (bicyclic) bond motifs is 7. The summed E-state index contributed by atoms with van der Waals surface area (Å²) in [5.41, 5.74) is 13.2. The molecule has 12 aromatic rings. The monoisotopic (exact) mass is 781 g/mol. The molecular formula is C56H35N3S. The summed E-state index contributed by atoms with van der Waals surface area (Å²) in [6, 6.07) is 76.3. The van der Waals surface area contributed by atoms with E-state index in [-0.39, 0.29) is 0 Å². The maximum Gasteiger partial charge on any atom is 0.160 e. The fraction of sp³-hybridized carbons (Fsp3) is 0. The summed E-state index contributed by atoms with van der Waals surface area (Å²) in [7, 11) is 0. The highest BCUT2D eigenvalue weighted by molar-refractivity contribution is 7.25. The average molecular weight is 782 g/mol. The quantitative estimate of drug-likeness (QED) is 0.168. The van der Waals surface area contributed by atoms with Gasteiger partial charge in [-0.3, -0.25) is 0 Å². The Morgan fingerprint density at radius 2 is 0.850 bits per heavy atom. The van der Waals surface area contributed by atoms with Crippen molar-refractivity contribution in [3.05, 3.63) is 212 Å². The zero-order valence-corrected chi connectivity index (χ0v) is 33.3. The lowest BCUT2D eigenvalue weighted by atomic mass is 9.98. The Bertz CT molecular complexity index is 3540. The van der Waals surface area contributed by atoms with Crippen LogP contribution in [0.5, 0.6) is 0 Å². The van der Waals surface area contributed by atoms with Crippen LogP contribution < -0.4 is 0 Å². The Morgan fingerprint density at radius 3 is 1.62 bits per heavy atom. The lowest BCUT2D eigenvalue weighted by Crippen LogP contribution is -1.96. The molecule has 0 spiro atoms. The summed E-state index contributed by atoms with van der Waals surface area (Å²) < 4.78 is 5.01. The average Bonchev–Trinajstić information content (AvgIpc) is 3.87. The van der Waals surface area contributed by atoms with Gasteiger partial charge in [-0.2, -0.15) is 0 Å². The van der Waals surface area contributed by atoms with Crippen LogP contribution in [-0.4, -0.2) is 14.5 Å². The number of benzene rings is 9. The van der Waals surface area contributed by atoms with Gasteiger partial charge in [0.1, 0.15) is 0 Å². The number of hydrogen-bond donors (Lipinski definition) is 0. The van der Waals surface area contributed by atoms with E-state index in [2.05, 4.69) is 199 Å². The first-order chi connectivity index (χ1) is 29.7. The van der Waals surface area contributed by atoms with Crippen LogP contribution in [0.1, 0.15) is 0 Å². The number of thiophene rings is 1. The third kappa shape index (κ3) is 5.88.